The van der Waals surface area contributed by atoms with Crippen LogP contribution in [0.5, 0.6) is 0 Å². The molecule has 0 fully saturated rings. The van der Waals surface area contributed by atoms with Crippen LogP contribution in [0.25, 0.3) is 0 Å². The van der Waals surface area contributed by atoms with Crippen LogP contribution >= 0.6 is 0 Å². The van der Waals surface area contributed by atoms with Crippen LogP contribution in [0.15, 0.2) is 0 Å². The average molecular weight is 216 g/mol. The molecule has 0 radical (unpaired) electrons. The van der Waals surface area contributed by atoms with Gasteiger partial charge in [0.2, 0.25) is 5.91 Å². The van der Waals surface area contributed by atoms with E-state index >= 15 is 0 Å². The van der Waals surface area contributed by atoms with E-state index in [1.165, 1.54) is 13.8 Å². The lowest BCUT2D eigenvalue weighted by Crippen LogP contribution is -2.54. The van der Waals surface area contributed by atoms with Crippen molar-refractivity contribution in [1.82, 2.24) is 5.32 Å². The summed E-state index contributed by atoms with van der Waals surface area (Å²) >= 11 is 0. The Bertz CT molecular complexity index is 244. The molecule has 0 bridgehead atoms. The number of carbonyl (C=O) groups excluding carboxylic acids is 1. The molecule has 0 saturated heterocycles. The first-order chi connectivity index (χ1) is 6.64. The molecular formula is C10H20N2O3. The second-order valence-corrected chi connectivity index (χ2v) is 4.72. The molecule has 5 heteroatoms. The van der Waals surface area contributed by atoms with Crippen molar-refractivity contribution >= 4 is 11.9 Å². The van der Waals surface area contributed by atoms with E-state index in [-0.39, 0.29) is 5.92 Å². The molecule has 5 nitrogen and oxygen atoms in total. The van der Waals surface area contributed by atoms with Crippen molar-refractivity contribution in [2.75, 3.05) is 0 Å². The van der Waals surface area contributed by atoms with E-state index in [1.807, 2.05) is 13.8 Å². The highest BCUT2D eigenvalue weighted by molar-refractivity contribution is 5.89. The van der Waals surface area contributed by atoms with Crippen LogP contribution in [0, 0.1) is 5.92 Å². The minimum absolute atomic E-state index is 0.201. The largest absolute Gasteiger partial charge is 0.480 e. The molecule has 0 saturated carbocycles. The van der Waals surface area contributed by atoms with Gasteiger partial charge in [-0.15, -0.1) is 0 Å². The van der Waals surface area contributed by atoms with Gasteiger partial charge in [-0.2, -0.15) is 0 Å². The highest BCUT2D eigenvalue weighted by Gasteiger charge is 2.27. The molecule has 0 aliphatic rings. The molecule has 88 valence electrons. The number of carboxylic acid groups (broad SMARTS) is 1. The van der Waals surface area contributed by atoms with E-state index in [1.54, 1.807) is 0 Å². The smallest absolute Gasteiger partial charge is 0.326 e. The molecule has 1 amide bonds. The quantitative estimate of drug-likeness (QED) is 0.618. The van der Waals surface area contributed by atoms with Crippen molar-refractivity contribution in [3.05, 3.63) is 0 Å². The molecule has 0 aromatic heterocycles. The maximum absolute atomic E-state index is 11.5. The predicted molar refractivity (Wildman–Crippen MR) is 57.3 cm³/mol. The summed E-state index contributed by atoms with van der Waals surface area (Å²) in [5, 5.41) is 11.3. The lowest BCUT2D eigenvalue weighted by molar-refractivity contribution is -0.143. The van der Waals surface area contributed by atoms with E-state index in [9.17, 15) is 9.59 Å². The van der Waals surface area contributed by atoms with Gasteiger partial charge in [0.1, 0.15) is 6.04 Å². The number of nitrogens with two attached hydrogens (primary N) is 1. The van der Waals surface area contributed by atoms with Gasteiger partial charge >= 0.3 is 5.97 Å². The van der Waals surface area contributed by atoms with E-state index in [4.69, 9.17) is 10.8 Å². The van der Waals surface area contributed by atoms with Crippen LogP contribution in [-0.2, 0) is 9.59 Å². The zero-order chi connectivity index (χ0) is 12.2. The van der Waals surface area contributed by atoms with Crippen LogP contribution in [-0.4, -0.2) is 28.6 Å². The molecule has 15 heavy (non-hydrogen) atoms. The Balaban J connectivity index is 4.43. The summed E-state index contributed by atoms with van der Waals surface area (Å²) in [5.74, 6) is -1.27. The van der Waals surface area contributed by atoms with Crippen LogP contribution in [0.2, 0.25) is 0 Å². The lowest BCUT2D eigenvalue weighted by atomic mass is 10.0. The first kappa shape index (κ1) is 13.9. The number of nitrogens with one attached hydrogen (secondary N) is 1. The molecule has 0 aliphatic carbocycles. The lowest BCUT2D eigenvalue weighted by Gasteiger charge is -2.22. The third-order valence-electron chi connectivity index (χ3n) is 1.90. The van der Waals surface area contributed by atoms with E-state index in [2.05, 4.69) is 5.32 Å². The summed E-state index contributed by atoms with van der Waals surface area (Å²) in [5.41, 5.74) is 4.50. The average Bonchev–Trinajstić information content (AvgIpc) is 1.99. The van der Waals surface area contributed by atoms with Gasteiger partial charge in [0.25, 0.3) is 0 Å². The third kappa shape index (κ3) is 5.37. The fourth-order valence-electron chi connectivity index (χ4n) is 1.04. The number of hydrogen-bond donors (Lipinski definition) is 3. The number of carboxylic acids is 1. The number of carbonyl (C=O) groups is 2. The van der Waals surface area contributed by atoms with Crippen molar-refractivity contribution in [1.29, 1.82) is 0 Å². The van der Waals surface area contributed by atoms with Gasteiger partial charge in [0, 0.05) is 0 Å². The first-order valence-electron chi connectivity index (χ1n) is 4.97. The number of amides is 1. The monoisotopic (exact) mass is 216 g/mol. The topological polar surface area (TPSA) is 92.4 Å². The van der Waals surface area contributed by atoms with Gasteiger partial charge in [0.15, 0.2) is 0 Å². The van der Waals surface area contributed by atoms with Crippen molar-refractivity contribution < 1.29 is 14.7 Å². The van der Waals surface area contributed by atoms with Gasteiger partial charge < -0.3 is 16.2 Å². The summed E-state index contributed by atoms with van der Waals surface area (Å²) in [7, 11) is 0. The maximum atomic E-state index is 11.5. The van der Waals surface area contributed by atoms with Gasteiger partial charge in [-0.05, 0) is 26.2 Å². The van der Waals surface area contributed by atoms with Gasteiger partial charge in [-0.1, -0.05) is 13.8 Å². The summed E-state index contributed by atoms with van der Waals surface area (Å²) in [6, 6.07) is -0.861. The number of rotatable bonds is 5. The van der Waals surface area contributed by atoms with Crippen LogP contribution in [0.1, 0.15) is 34.1 Å². The minimum atomic E-state index is -1.05. The Morgan fingerprint density at radius 3 is 2.13 bits per heavy atom. The second-order valence-electron chi connectivity index (χ2n) is 4.72. The second kappa shape index (κ2) is 5.11. The van der Waals surface area contributed by atoms with Crippen molar-refractivity contribution in [2.45, 2.75) is 45.7 Å². The normalized spacial score (nSPS) is 13.7. The highest BCUT2D eigenvalue weighted by atomic mass is 16.4. The standard InChI is InChI=1S/C10H20N2O3/c1-6(2)5-7(8(13)14)12-9(15)10(3,4)11/h6-7H,5,11H2,1-4H3,(H,12,15)(H,13,14)/t7-/m0/s1. The third-order valence-corrected chi connectivity index (χ3v) is 1.90. The maximum Gasteiger partial charge on any atom is 0.326 e. The van der Waals surface area contributed by atoms with E-state index < -0.39 is 23.5 Å². The van der Waals surface area contributed by atoms with Gasteiger partial charge in [0.05, 0.1) is 5.54 Å². The first-order valence-corrected chi connectivity index (χ1v) is 4.97. The molecule has 4 N–H and O–H groups in total. The molecule has 0 unspecified atom stereocenters. The van der Waals surface area contributed by atoms with Crippen LogP contribution in [0.3, 0.4) is 0 Å². The van der Waals surface area contributed by atoms with Gasteiger partial charge in [-0.25, -0.2) is 4.79 Å². The zero-order valence-electron chi connectivity index (χ0n) is 9.70. The Morgan fingerprint density at radius 2 is 1.87 bits per heavy atom. The Morgan fingerprint density at radius 1 is 1.40 bits per heavy atom. The molecule has 0 heterocycles. The summed E-state index contributed by atoms with van der Waals surface area (Å²) in [6.45, 7) is 6.87. The van der Waals surface area contributed by atoms with Gasteiger partial charge in [-0.3, -0.25) is 4.79 Å². The molecule has 0 aromatic carbocycles. The molecule has 1 atom stereocenters. The van der Waals surface area contributed by atoms with E-state index in [0.29, 0.717) is 6.42 Å². The molecule has 0 rings (SSSR count). The minimum Gasteiger partial charge on any atom is -0.480 e. The SMILES string of the molecule is CC(C)C[C@H](NC(=O)C(C)(C)N)C(=O)O. The predicted octanol–water partition coefficient (Wildman–Crippen LogP) is 0.339. The van der Waals surface area contributed by atoms with Crippen LogP contribution < -0.4 is 11.1 Å². The fourth-order valence-corrected chi connectivity index (χ4v) is 1.04. The molecule has 0 spiro atoms. The van der Waals surface area contributed by atoms with Crippen molar-refractivity contribution in [3.63, 3.8) is 0 Å². The summed E-state index contributed by atoms with van der Waals surface area (Å²) < 4.78 is 0. The highest BCUT2D eigenvalue weighted by Crippen LogP contribution is 2.06. The molecule has 0 aliphatic heterocycles. The number of aliphatic carboxylic acids is 1. The van der Waals surface area contributed by atoms with Crippen molar-refractivity contribution in [3.8, 4) is 0 Å². The Hall–Kier alpha value is -1.10. The van der Waals surface area contributed by atoms with E-state index in [0.717, 1.165) is 0 Å². The zero-order valence-corrected chi connectivity index (χ0v) is 9.70. The molecule has 0 aromatic rings. The van der Waals surface area contributed by atoms with Crippen LogP contribution in [0.4, 0.5) is 0 Å². The van der Waals surface area contributed by atoms with Crippen molar-refractivity contribution in [2.24, 2.45) is 11.7 Å². The fraction of sp³-hybridized carbons (Fsp3) is 0.800. The Kier molecular flexibility index (Phi) is 4.74. The summed E-state index contributed by atoms with van der Waals surface area (Å²) in [6.07, 6.45) is 0.400. The number of hydrogen-bond acceptors (Lipinski definition) is 3. The molecular weight excluding hydrogens is 196 g/mol. The summed E-state index contributed by atoms with van der Waals surface area (Å²) in [4.78, 5) is 22.3. The Labute approximate surface area is 90.0 Å².